The Hall–Kier alpha value is -1.84. The topological polar surface area (TPSA) is 46.6 Å². The smallest absolute Gasteiger partial charge is 0.302 e. The van der Waals surface area contributed by atoms with Gasteiger partial charge in [0.15, 0.2) is 0 Å². The van der Waals surface area contributed by atoms with Crippen LogP contribution in [0.4, 0.5) is 0 Å². The van der Waals surface area contributed by atoms with Crippen LogP contribution in [0.3, 0.4) is 0 Å². The number of carbonyl (C=O) groups excluding carboxylic acids is 2. The lowest BCUT2D eigenvalue weighted by Gasteiger charge is -2.45. The number of hydrogen-bond acceptors (Lipinski definition) is 3. The van der Waals surface area contributed by atoms with Gasteiger partial charge >= 0.3 is 5.97 Å². The number of benzene rings is 1. The Labute approximate surface area is 107 Å². The summed E-state index contributed by atoms with van der Waals surface area (Å²) in [5.74, 6) is -0.457. The molecule has 1 saturated heterocycles. The van der Waals surface area contributed by atoms with Crippen LogP contribution < -0.4 is 0 Å². The molecule has 1 aliphatic heterocycles. The number of ether oxygens (including phenoxy) is 1. The first-order valence-electron chi connectivity index (χ1n) is 6.07. The Bertz CT molecular complexity index is 444. The summed E-state index contributed by atoms with van der Waals surface area (Å²) in [7, 11) is 0. The van der Waals surface area contributed by atoms with Crippen molar-refractivity contribution in [3.8, 4) is 0 Å². The molecule has 0 aromatic heterocycles. The van der Waals surface area contributed by atoms with Crippen LogP contribution in [0.5, 0.6) is 0 Å². The SMILES string of the molecule is CC(=O)OC[C@@H]1C(=O)N(Cc2ccccc2)[C@@H]1C. The molecule has 1 amide bonds. The monoisotopic (exact) mass is 247 g/mol. The van der Waals surface area contributed by atoms with Gasteiger partial charge in [-0.2, -0.15) is 0 Å². The molecule has 0 saturated carbocycles. The second kappa shape index (κ2) is 5.21. The molecule has 18 heavy (non-hydrogen) atoms. The van der Waals surface area contributed by atoms with Crippen LogP contribution in [0.1, 0.15) is 19.4 Å². The van der Waals surface area contributed by atoms with Gasteiger partial charge in [0.2, 0.25) is 5.91 Å². The summed E-state index contributed by atoms with van der Waals surface area (Å²) in [5.41, 5.74) is 1.11. The molecule has 4 nitrogen and oxygen atoms in total. The Morgan fingerprint density at radius 1 is 1.33 bits per heavy atom. The highest BCUT2D eigenvalue weighted by Crippen LogP contribution is 2.28. The Kier molecular flexibility index (Phi) is 3.65. The molecule has 1 fully saturated rings. The standard InChI is InChI=1S/C14H17NO3/c1-10-13(9-18-11(2)16)14(17)15(10)8-12-6-4-3-5-7-12/h3-7,10,13H,8-9H2,1-2H3/t10-,13+/m1/s1. The number of nitrogens with zero attached hydrogens (tertiary/aromatic N) is 1. The first kappa shape index (κ1) is 12.6. The molecular weight excluding hydrogens is 230 g/mol. The molecule has 1 heterocycles. The molecule has 0 spiro atoms. The fraction of sp³-hybridized carbons (Fsp3) is 0.429. The van der Waals surface area contributed by atoms with Crippen LogP contribution >= 0.6 is 0 Å². The van der Waals surface area contributed by atoms with E-state index in [1.54, 1.807) is 0 Å². The van der Waals surface area contributed by atoms with Crippen molar-refractivity contribution >= 4 is 11.9 Å². The first-order chi connectivity index (χ1) is 8.59. The Morgan fingerprint density at radius 2 is 2.00 bits per heavy atom. The van der Waals surface area contributed by atoms with E-state index >= 15 is 0 Å². The van der Waals surface area contributed by atoms with Crippen molar-refractivity contribution in [3.05, 3.63) is 35.9 Å². The minimum atomic E-state index is -0.337. The number of amides is 1. The molecule has 1 aliphatic rings. The summed E-state index contributed by atoms with van der Waals surface area (Å²) in [5, 5.41) is 0. The summed E-state index contributed by atoms with van der Waals surface area (Å²) in [6.45, 7) is 4.16. The Balaban J connectivity index is 1.90. The quantitative estimate of drug-likeness (QED) is 0.599. The third-order valence-electron chi connectivity index (χ3n) is 3.34. The van der Waals surface area contributed by atoms with Crippen LogP contribution in [0.15, 0.2) is 30.3 Å². The van der Waals surface area contributed by atoms with E-state index < -0.39 is 0 Å². The van der Waals surface area contributed by atoms with E-state index in [-0.39, 0.29) is 30.4 Å². The Morgan fingerprint density at radius 3 is 2.56 bits per heavy atom. The normalized spacial score (nSPS) is 22.6. The molecular formula is C14H17NO3. The molecule has 0 unspecified atom stereocenters. The van der Waals surface area contributed by atoms with Gasteiger partial charge in [-0.25, -0.2) is 0 Å². The number of hydrogen-bond donors (Lipinski definition) is 0. The zero-order chi connectivity index (χ0) is 13.1. The second-order valence-electron chi connectivity index (χ2n) is 4.60. The van der Waals surface area contributed by atoms with Crippen molar-refractivity contribution in [1.29, 1.82) is 0 Å². The van der Waals surface area contributed by atoms with Gasteiger partial charge in [0, 0.05) is 19.5 Å². The van der Waals surface area contributed by atoms with E-state index in [2.05, 4.69) is 0 Å². The van der Waals surface area contributed by atoms with Crippen molar-refractivity contribution in [3.63, 3.8) is 0 Å². The maximum absolute atomic E-state index is 11.9. The summed E-state index contributed by atoms with van der Waals surface area (Å²) in [4.78, 5) is 24.5. The fourth-order valence-corrected chi connectivity index (χ4v) is 2.17. The molecule has 0 radical (unpaired) electrons. The number of rotatable bonds is 4. The third-order valence-corrected chi connectivity index (χ3v) is 3.34. The van der Waals surface area contributed by atoms with Crippen LogP contribution in [-0.4, -0.2) is 29.4 Å². The van der Waals surface area contributed by atoms with Crippen molar-refractivity contribution in [2.75, 3.05) is 6.61 Å². The minimum Gasteiger partial charge on any atom is -0.465 e. The molecule has 96 valence electrons. The molecule has 0 N–H and O–H groups in total. The molecule has 4 heteroatoms. The average molecular weight is 247 g/mol. The fourth-order valence-electron chi connectivity index (χ4n) is 2.17. The van der Waals surface area contributed by atoms with E-state index in [1.165, 1.54) is 6.92 Å². The van der Waals surface area contributed by atoms with Crippen LogP contribution in [0.25, 0.3) is 0 Å². The lowest BCUT2D eigenvalue weighted by molar-refractivity contribution is -0.164. The van der Waals surface area contributed by atoms with Gasteiger partial charge in [-0.15, -0.1) is 0 Å². The highest BCUT2D eigenvalue weighted by Gasteiger charge is 2.44. The number of carbonyl (C=O) groups is 2. The summed E-state index contributed by atoms with van der Waals surface area (Å²) in [6, 6.07) is 9.99. The van der Waals surface area contributed by atoms with E-state index in [0.717, 1.165) is 5.56 Å². The van der Waals surface area contributed by atoms with E-state index in [9.17, 15) is 9.59 Å². The number of likely N-dealkylation sites (tertiary alicyclic amines) is 1. The summed E-state index contributed by atoms with van der Waals surface area (Å²) >= 11 is 0. The molecule has 2 atom stereocenters. The number of β-lactam (4-membered cyclic amide) rings is 1. The van der Waals surface area contributed by atoms with Gasteiger partial charge in [-0.1, -0.05) is 30.3 Å². The van der Waals surface area contributed by atoms with Crippen molar-refractivity contribution < 1.29 is 14.3 Å². The summed E-state index contributed by atoms with van der Waals surface area (Å²) in [6.07, 6.45) is 0. The lowest BCUT2D eigenvalue weighted by Crippen LogP contribution is -2.60. The van der Waals surface area contributed by atoms with E-state index in [1.807, 2.05) is 42.2 Å². The van der Waals surface area contributed by atoms with Gasteiger partial charge in [0.25, 0.3) is 0 Å². The van der Waals surface area contributed by atoms with Gasteiger partial charge in [-0.05, 0) is 12.5 Å². The predicted octanol–water partition coefficient (Wildman–Crippen LogP) is 1.60. The first-order valence-corrected chi connectivity index (χ1v) is 6.07. The molecule has 1 aromatic carbocycles. The van der Waals surface area contributed by atoms with Gasteiger partial charge in [-0.3, -0.25) is 9.59 Å². The van der Waals surface area contributed by atoms with Gasteiger partial charge < -0.3 is 9.64 Å². The predicted molar refractivity (Wildman–Crippen MR) is 66.6 cm³/mol. The zero-order valence-electron chi connectivity index (χ0n) is 10.6. The molecule has 1 aromatic rings. The van der Waals surface area contributed by atoms with Gasteiger partial charge in [0.1, 0.15) is 6.61 Å². The highest BCUT2D eigenvalue weighted by molar-refractivity contribution is 5.86. The maximum atomic E-state index is 11.9. The minimum absolute atomic E-state index is 0.0626. The third kappa shape index (κ3) is 2.53. The molecule has 0 bridgehead atoms. The van der Waals surface area contributed by atoms with E-state index in [4.69, 9.17) is 4.74 Å². The second-order valence-corrected chi connectivity index (χ2v) is 4.60. The van der Waals surface area contributed by atoms with Crippen LogP contribution in [0, 0.1) is 5.92 Å². The zero-order valence-corrected chi connectivity index (χ0v) is 10.6. The lowest BCUT2D eigenvalue weighted by atomic mass is 9.89. The van der Waals surface area contributed by atoms with Crippen LogP contribution in [-0.2, 0) is 20.9 Å². The van der Waals surface area contributed by atoms with E-state index in [0.29, 0.717) is 6.54 Å². The number of esters is 1. The van der Waals surface area contributed by atoms with Crippen molar-refractivity contribution in [2.45, 2.75) is 26.4 Å². The highest BCUT2D eigenvalue weighted by atomic mass is 16.5. The maximum Gasteiger partial charge on any atom is 0.302 e. The summed E-state index contributed by atoms with van der Waals surface area (Å²) < 4.78 is 4.90. The van der Waals surface area contributed by atoms with Crippen molar-refractivity contribution in [1.82, 2.24) is 4.90 Å². The van der Waals surface area contributed by atoms with Crippen LogP contribution in [0.2, 0.25) is 0 Å². The largest absolute Gasteiger partial charge is 0.465 e. The molecule has 2 rings (SSSR count). The van der Waals surface area contributed by atoms with Crippen molar-refractivity contribution in [2.24, 2.45) is 5.92 Å². The van der Waals surface area contributed by atoms with Gasteiger partial charge in [0.05, 0.1) is 5.92 Å². The average Bonchev–Trinajstić information content (AvgIpc) is 2.37. The molecule has 0 aliphatic carbocycles.